The SMILES string of the molecule is CC(C)[C@H]1CC[C@@](CSC(C)(C)C)(C(=O)O)CC1. The third-order valence-corrected chi connectivity index (χ3v) is 5.73. The van der Waals surface area contributed by atoms with Crippen molar-refractivity contribution in [2.75, 3.05) is 5.75 Å². The number of aliphatic carboxylic acids is 1. The fourth-order valence-electron chi connectivity index (χ4n) is 2.63. The molecule has 0 bridgehead atoms. The molecule has 0 atom stereocenters. The van der Waals surface area contributed by atoms with E-state index in [0.717, 1.165) is 37.4 Å². The van der Waals surface area contributed by atoms with E-state index < -0.39 is 11.4 Å². The van der Waals surface area contributed by atoms with Crippen LogP contribution < -0.4 is 0 Å². The predicted octanol–water partition coefficient (Wildman–Crippen LogP) is 4.44. The Kier molecular flexibility index (Phi) is 5.16. The lowest BCUT2D eigenvalue weighted by Gasteiger charge is -2.39. The lowest BCUT2D eigenvalue weighted by molar-refractivity contribution is -0.150. The first kappa shape index (κ1) is 15.9. The van der Waals surface area contributed by atoms with Crippen molar-refractivity contribution in [1.82, 2.24) is 0 Å². The summed E-state index contributed by atoms with van der Waals surface area (Å²) >= 11 is 1.80. The first-order chi connectivity index (χ1) is 8.16. The minimum atomic E-state index is -0.582. The molecule has 0 aromatic heterocycles. The van der Waals surface area contributed by atoms with E-state index >= 15 is 0 Å². The van der Waals surface area contributed by atoms with Gasteiger partial charge in [-0.1, -0.05) is 34.6 Å². The van der Waals surface area contributed by atoms with Crippen LogP contribution in [0.4, 0.5) is 0 Å². The second kappa shape index (κ2) is 5.85. The van der Waals surface area contributed by atoms with Crippen LogP contribution in [0.3, 0.4) is 0 Å². The molecule has 0 radical (unpaired) electrons. The first-order valence-corrected chi connectivity index (χ1v) is 8.02. The summed E-state index contributed by atoms with van der Waals surface area (Å²) in [6.07, 6.45) is 3.87. The zero-order chi connectivity index (χ0) is 14.0. The number of carbonyl (C=O) groups is 1. The molecule has 18 heavy (non-hydrogen) atoms. The van der Waals surface area contributed by atoms with Crippen molar-refractivity contribution < 1.29 is 9.90 Å². The normalized spacial score (nSPS) is 29.6. The summed E-state index contributed by atoms with van der Waals surface area (Å²) in [7, 11) is 0. The molecule has 0 heterocycles. The van der Waals surface area contributed by atoms with Crippen molar-refractivity contribution in [3.05, 3.63) is 0 Å². The van der Waals surface area contributed by atoms with Crippen LogP contribution >= 0.6 is 11.8 Å². The maximum Gasteiger partial charge on any atom is 0.310 e. The van der Waals surface area contributed by atoms with E-state index in [1.807, 2.05) is 0 Å². The van der Waals surface area contributed by atoms with Crippen molar-refractivity contribution >= 4 is 17.7 Å². The van der Waals surface area contributed by atoms with Gasteiger partial charge in [0.1, 0.15) is 0 Å². The minimum absolute atomic E-state index is 0.150. The molecule has 1 saturated carbocycles. The van der Waals surface area contributed by atoms with Crippen molar-refractivity contribution in [2.24, 2.45) is 17.3 Å². The standard InChI is InChI=1S/C15H28O2S/c1-11(2)12-6-8-15(9-7-12,13(16)17)10-18-14(3,4)5/h11-12H,6-10H2,1-5H3,(H,16,17)/t12-,15+. The summed E-state index contributed by atoms with van der Waals surface area (Å²) in [5.74, 6) is 1.59. The number of carboxylic acids is 1. The van der Waals surface area contributed by atoms with Gasteiger partial charge in [-0.2, -0.15) is 11.8 Å². The van der Waals surface area contributed by atoms with Gasteiger partial charge >= 0.3 is 5.97 Å². The average molecular weight is 272 g/mol. The number of rotatable bonds is 4. The maximum absolute atomic E-state index is 11.7. The van der Waals surface area contributed by atoms with Crippen LogP contribution in [-0.2, 0) is 4.79 Å². The lowest BCUT2D eigenvalue weighted by atomic mass is 9.69. The predicted molar refractivity (Wildman–Crippen MR) is 79.1 cm³/mol. The van der Waals surface area contributed by atoms with E-state index in [1.165, 1.54) is 0 Å². The summed E-state index contributed by atoms with van der Waals surface area (Å²) in [4.78, 5) is 11.7. The Morgan fingerprint density at radius 3 is 2.17 bits per heavy atom. The number of hydrogen-bond acceptors (Lipinski definition) is 2. The van der Waals surface area contributed by atoms with E-state index in [4.69, 9.17) is 0 Å². The van der Waals surface area contributed by atoms with Gasteiger partial charge in [0.15, 0.2) is 0 Å². The second-order valence-electron chi connectivity index (χ2n) is 7.07. The molecule has 1 rings (SSSR count). The van der Waals surface area contributed by atoms with Gasteiger partial charge in [-0.3, -0.25) is 4.79 Å². The molecular weight excluding hydrogens is 244 g/mol. The molecule has 0 unspecified atom stereocenters. The summed E-state index contributed by atoms with van der Waals surface area (Å²) in [6, 6.07) is 0. The van der Waals surface area contributed by atoms with Crippen LogP contribution in [0.2, 0.25) is 0 Å². The molecule has 0 aliphatic heterocycles. The van der Waals surface area contributed by atoms with Gasteiger partial charge in [0.2, 0.25) is 0 Å². The molecule has 1 N–H and O–H groups in total. The highest BCUT2D eigenvalue weighted by Gasteiger charge is 2.43. The second-order valence-corrected chi connectivity index (χ2v) is 8.87. The molecule has 0 saturated heterocycles. The molecule has 0 spiro atoms. The van der Waals surface area contributed by atoms with Crippen LogP contribution in [0.15, 0.2) is 0 Å². The van der Waals surface area contributed by atoms with E-state index in [2.05, 4.69) is 34.6 Å². The van der Waals surface area contributed by atoms with Gasteiger partial charge in [-0.25, -0.2) is 0 Å². The largest absolute Gasteiger partial charge is 0.481 e. The quantitative estimate of drug-likeness (QED) is 0.822. The Morgan fingerprint density at radius 1 is 1.33 bits per heavy atom. The van der Waals surface area contributed by atoms with Crippen LogP contribution in [0.1, 0.15) is 60.3 Å². The van der Waals surface area contributed by atoms with Crippen LogP contribution in [0.25, 0.3) is 0 Å². The molecule has 106 valence electrons. The average Bonchev–Trinajstić information content (AvgIpc) is 2.25. The molecule has 0 amide bonds. The smallest absolute Gasteiger partial charge is 0.310 e. The topological polar surface area (TPSA) is 37.3 Å². The molecule has 1 fully saturated rings. The fourth-order valence-corrected chi connectivity index (χ4v) is 3.76. The molecule has 1 aliphatic rings. The summed E-state index contributed by atoms with van der Waals surface area (Å²) in [5.41, 5.74) is -0.469. The Bertz CT molecular complexity index is 283. The van der Waals surface area contributed by atoms with Crippen molar-refractivity contribution in [1.29, 1.82) is 0 Å². The maximum atomic E-state index is 11.7. The minimum Gasteiger partial charge on any atom is -0.481 e. The third-order valence-electron chi connectivity index (χ3n) is 4.17. The third kappa shape index (κ3) is 4.18. The highest BCUT2D eigenvalue weighted by atomic mass is 32.2. The Labute approximate surface area is 116 Å². The van der Waals surface area contributed by atoms with Gasteiger partial charge in [0.05, 0.1) is 5.41 Å². The number of carboxylic acid groups (broad SMARTS) is 1. The van der Waals surface area contributed by atoms with Crippen molar-refractivity contribution in [3.63, 3.8) is 0 Å². The van der Waals surface area contributed by atoms with E-state index in [1.54, 1.807) is 11.8 Å². The number of hydrogen-bond donors (Lipinski definition) is 1. The summed E-state index contributed by atoms with van der Waals surface area (Å²) in [5, 5.41) is 9.60. The summed E-state index contributed by atoms with van der Waals surface area (Å²) in [6.45, 7) is 11.0. The summed E-state index contributed by atoms with van der Waals surface area (Å²) < 4.78 is 0.150. The van der Waals surface area contributed by atoms with Gasteiger partial charge in [0.25, 0.3) is 0 Å². The lowest BCUT2D eigenvalue weighted by Crippen LogP contribution is -2.39. The fraction of sp³-hybridized carbons (Fsp3) is 0.933. The Balaban J connectivity index is 2.65. The van der Waals surface area contributed by atoms with Gasteiger partial charge in [-0.15, -0.1) is 0 Å². The van der Waals surface area contributed by atoms with Crippen molar-refractivity contribution in [3.8, 4) is 0 Å². The monoisotopic (exact) mass is 272 g/mol. The molecular formula is C15H28O2S. The highest BCUT2D eigenvalue weighted by molar-refractivity contribution is 8.00. The first-order valence-electron chi connectivity index (χ1n) is 7.04. The molecule has 2 nitrogen and oxygen atoms in total. The zero-order valence-electron chi connectivity index (χ0n) is 12.5. The number of thioether (sulfide) groups is 1. The van der Waals surface area contributed by atoms with Crippen molar-refractivity contribution in [2.45, 2.75) is 65.0 Å². The molecule has 3 heteroatoms. The van der Waals surface area contributed by atoms with Crippen LogP contribution in [0.5, 0.6) is 0 Å². The van der Waals surface area contributed by atoms with Gasteiger partial charge in [-0.05, 0) is 37.5 Å². The molecule has 1 aliphatic carbocycles. The van der Waals surface area contributed by atoms with E-state index in [-0.39, 0.29) is 4.75 Å². The van der Waals surface area contributed by atoms with Gasteiger partial charge < -0.3 is 5.11 Å². The Hall–Kier alpha value is -0.180. The van der Waals surface area contributed by atoms with Crippen LogP contribution in [0, 0.1) is 17.3 Å². The van der Waals surface area contributed by atoms with Crippen LogP contribution in [-0.4, -0.2) is 21.6 Å². The Morgan fingerprint density at radius 2 is 1.83 bits per heavy atom. The van der Waals surface area contributed by atoms with E-state index in [9.17, 15) is 9.90 Å². The zero-order valence-corrected chi connectivity index (χ0v) is 13.3. The highest BCUT2D eigenvalue weighted by Crippen LogP contribution is 2.45. The van der Waals surface area contributed by atoms with Gasteiger partial charge in [0, 0.05) is 10.5 Å². The van der Waals surface area contributed by atoms with E-state index in [0.29, 0.717) is 5.92 Å². The molecule has 0 aromatic carbocycles. The molecule has 0 aromatic rings.